The standard InChI is InChI=1S/C19H21F3N2O2/c20-19(21,22)14-26-18-3-1-2-15(12-18)13-23-8-10-24(11-9-23)16-4-6-17(25)7-5-16/h1-7,12,25H,8-11,13-14H2. The molecule has 1 saturated heterocycles. The maximum atomic E-state index is 12.3. The third-order valence-electron chi connectivity index (χ3n) is 4.29. The summed E-state index contributed by atoms with van der Waals surface area (Å²) in [4.78, 5) is 4.51. The fraction of sp³-hybridized carbons (Fsp3) is 0.368. The molecule has 4 nitrogen and oxygen atoms in total. The van der Waals surface area contributed by atoms with Gasteiger partial charge in [-0.3, -0.25) is 4.90 Å². The number of rotatable bonds is 5. The van der Waals surface area contributed by atoms with Gasteiger partial charge in [0.2, 0.25) is 0 Å². The number of alkyl halides is 3. The largest absolute Gasteiger partial charge is 0.508 e. The second-order valence-electron chi connectivity index (χ2n) is 6.33. The van der Waals surface area contributed by atoms with Crippen molar-refractivity contribution in [2.75, 3.05) is 37.7 Å². The Morgan fingerprint density at radius 2 is 1.65 bits per heavy atom. The second kappa shape index (κ2) is 7.86. The van der Waals surface area contributed by atoms with Crippen molar-refractivity contribution in [1.29, 1.82) is 0 Å². The first-order chi connectivity index (χ1) is 12.4. The molecule has 0 atom stereocenters. The predicted molar refractivity (Wildman–Crippen MR) is 93.6 cm³/mol. The Kier molecular flexibility index (Phi) is 5.56. The van der Waals surface area contributed by atoms with Gasteiger partial charge in [-0.25, -0.2) is 0 Å². The maximum absolute atomic E-state index is 12.3. The number of hydrogen-bond donors (Lipinski definition) is 1. The van der Waals surface area contributed by atoms with Gasteiger partial charge in [0.25, 0.3) is 0 Å². The average Bonchev–Trinajstić information content (AvgIpc) is 2.61. The first kappa shape index (κ1) is 18.4. The van der Waals surface area contributed by atoms with Gasteiger partial charge in [0, 0.05) is 38.4 Å². The molecule has 2 aromatic rings. The van der Waals surface area contributed by atoms with Crippen molar-refractivity contribution in [2.45, 2.75) is 12.7 Å². The molecular formula is C19H21F3N2O2. The monoisotopic (exact) mass is 366 g/mol. The van der Waals surface area contributed by atoms with Gasteiger partial charge in [0.1, 0.15) is 11.5 Å². The minimum Gasteiger partial charge on any atom is -0.508 e. The van der Waals surface area contributed by atoms with E-state index in [2.05, 4.69) is 9.80 Å². The SMILES string of the molecule is Oc1ccc(N2CCN(Cc3cccc(OCC(F)(F)F)c3)CC2)cc1. The third-order valence-corrected chi connectivity index (χ3v) is 4.29. The molecule has 0 bridgehead atoms. The number of benzene rings is 2. The summed E-state index contributed by atoms with van der Waals surface area (Å²) in [5.74, 6) is 0.488. The molecule has 3 rings (SSSR count). The summed E-state index contributed by atoms with van der Waals surface area (Å²) in [6, 6.07) is 14.0. The highest BCUT2D eigenvalue weighted by Crippen LogP contribution is 2.22. The molecule has 0 aliphatic carbocycles. The zero-order valence-corrected chi connectivity index (χ0v) is 14.2. The molecule has 0 radical (unpaired) electrons. The highest BCUT2D eigenvalue weighted by Gasteiger charge is 2.28. The fourth-order valence-corrected chi connectivity index (χ4v) is 2.98. The van der Waals surface area contributed by atoms with Crippen LogP contribution in [0.1, 0.15) is 5.56 Å². The van der Waals surface area contributed by atoms with Crippen LogP contribution in [0, 0.1) is 0 Å². The summed E-state index contributed by atoms with van der Waals surface area (Å²) in [6.07, 6.45) is -4.33. The van der Waals surface area contributed by atoms with Gasteiger partial charge >= 0.3 is 6.18 Å². The number of phenols is 1. The van der Waals surface area contributed by atoms with Gasteiger partial charge < -0.3 is 14.7 Å². The van der Waals surface area contributed by atoms with Crippen LogP contribution < -0.4 is 9.64 Å². The van der Waals surface area contributed by atoms with Crippen LogP contribution in [-0.4, -0.2) is 49.0 Å². The van der Waals surface area contributed by atoms with E-state index in [0.717, 1.165) is 37.4 Å². The van der Waals surface area contributed by atoms with E-state index in [4.69, 9.17) is 4.74 Å². The van der Waals surface area contributed by atoms with Gasteiger partial charge in [0.05, 0.1) is 0 Å². The van der Waals surface area contributed by atoms with Crippen LogP contribution in [0.3, 0.4) is 0 Å². The minimum absolute atomic E-state index is 0.238. The van der Waals surface area contributed by atoms with Crippen molar-refractivity contribution in [3.63, 3.8) is 0 Å². The van der Waals surface area contributed by atoms with Crippen molar-refractivity contribution >= 4 is 5.69 Å². The van der Waals surface area contributed by atoms with Crippen molar-refractivity contribution in [3.8, 4) is 11.5 Å². The summed E-state index contributed by atoms with van der Waals surface area (Å²) >= 11 is 0. The number of ether oxygens (including phenoxy) is 1. The number of halogens is 3. The second-order valence-corrected chi connectivity index (χ2v) is 6.33. The molecule has 1 aliphatic rings. The zero-order chi connectivity index (χ0) is 18.6. The Labute approximate surface area is 150 Å². The zero-order valence-electron chi connectivity index (χ0n) is 14.2. The topological polar surface area (TPSA) is 35.9 Å². The fourth-order valence-electron chi connectivity index (χ4n) is 2.98. The Bertz CT molecular complexity index is 711. The molecule has 2 aromatic carbocycles. The molecule has 7 heteroatoms. The van der Waals surface area contributed by atoms with Gasteiger partial charge in [-0.15, -0.1) is 0 Å². The molecule has 0 spiro atoms. The number of aromatic hydroxyl groups is 1. The highest BCUT2D eigenvalue weighted by atomic mass is 19.4. The average molecular weight is 366 g/mol. The van der Waals surface area contributed by atoms with Crippen LogP contribution in [0.15, 0.2) is 48.5 Å². The summed E-state index contributed by atoms with van der Waals surface area (Å²) < 4.78 is 41.6. The number of hydrogen-bond acceptors (Lipinski definition) is 4. The lowest BCUT2D eigenvalue weighted by atomic mass is 10.1. The molecular weight excluding hydrogens is 345 g/mol. The Hall–Kier alpha value is -2.41. The van der Waals surface area contributed by atoms with Crippen LogP contribution in [0.5, 0.6) is 11.5 Å². The number of nitrogens with zero attached hydrogens (tertiary/aromatic N) is 2. The van der Waals surface area contributed by atoms with Crippen LogP contribution in [-0.2, 0) is 6.54 Å². The van der Waals surface area contributed by atoms with E-state index in [0.29, 0.717) is 6.54 Å². The van der Waals surface area contributed by atoms with Crippen molar-refractivity contribution in [3.05, 3.63) is 54.1 Å². The van der Waals surface area contributed by atoms with Gasteiger partial charge in [-0.1, -0.05) is 12.1 Å². The minimum atomic E-state index is -4.33. The lowest BCUT2D eigenvalue weighted by Crippen LogP contribution is -2.45. The molecule has 0 saturated carbocycles. The molecule has 0 amide bonds. The highest BCUT2D eigenvalue weighted by molar-refractivity contribution is 5.49. The van der Waals surface area contributed by atoms with E-state index in [1.54, 1.807) is 24.3 Å². The lowest BCUT2D eigenvalue weighted by molar-refractivity contribution is -0.153. The lowest BCUT2D eigenvalue weighted by Gasteiger charge is -2.36. The number of piperazine rings is 1. The van der Waals surface area contributed by atoms with Crippen LogP contribution in [0.4, 0.5) is 18.9 Å². The summed E-state index contributed by atoms with van der Waals surface area (Å²) in [7, 11) is 0. The smallest absolute Gasteiger partial charge is 0.422 e. The molecule has 1 aliphatic heterocycles. The van der Waals surface area contributed by atoms with E-state index in [-0.39, 0.29) is 11.5 Å². The quantitative estimate of drug-likeness (QED) is 0.876. The normalized spacial score (nSPS) is 15.9. The third kappa shape index (κ3) is 5.29. The van der Waals surface area contributed by atoms with Crippen LogP contribution in [0.25, 0.3) is 0 Å². The molecule has 0 aromatic heterocycles. The molecule has 26 heavy (non-hydrogen) atoms. The molecule has 140 valence electrons. The molecule has 1 N–H and O–H groups in total. The Balaban J connectivity index is 1.52. The van der Waals surface area contributed by atoms with Gasteiger partial charge in [0.15, 0.2) is 6.61 Å². The Morgan fingerprint density at radius 1 is 0.962 bits per heavy atom. The van der Waals surface area contributed by atoms with E-state index in [9.17, 15) is 18.3 Å². The summed E-state index contributed by atoms with van der Waals surface area (Å²) in [5, 5.41) is 9.37. The maximum Gasteiger partial charge on any atom is 0.422 e. The van der Waals surface area contributed by atoms with Crippen molar-refractivity contribution in [2.24, 2.45) is 0 Å². The Morgan fingerprint density at radius 3 is 2.31 bits per heavy atom. The van der Waals surface area contributed by atoms with Crippen LogP contribution >= 0.6 is 0 Å². The molecule has 0 unspecified atom stereocenters. The number of phenolic OH excluding ortho intramolecular Hbond substituents is 1. The first-order valence-electron chi connectivity index (χ1n) is 8.44. The molecule has 1 fully saturated rings. The number of anilines is 1. The van der Waals surface area contributed by atoms with E-state index in [1.165, 1.54) is 6.07 Å². The summed E-state index contributed by atoms with van der Waals surface area (Å²) in [5.41, 5.74) is 2.01. The van der Waals surface area contributed by atoms with Gasteiger partial charge in [-0.2, -0.15) is 13.2 Å². The van der Waals surface area contributed by atoms with E-state index >= 15 is 0 Å². The van der Waals surface area contributed by atoms with E-state index < -0.39 is 12.8 Å². The molecule has 1 heterocycles. The van der Waals surface area contributed by atoms with Crippen molar-refractivity contribution < 1.29 is 23.0 Å². The summed E-state index contributed by atoms with van der Waals surface area (Å²) in [6.45, 7) is 2.82. The van der Waals surface area contributed by atoms with Crippen LogP contribution in [0.2, 0.25) is 0 Å². The van der Waals surface area contributed by atoms with Gasteiger partial charge in [-0.05, 0) is 42.0 Å². The van der Waals surface area contributed by atoms with Crippen molar-refractivity contribution in [1.82, 2.24) is 4.90 Å². The first-order valence-corrected chi connectivity index (χ1v) is 8.44. The van der Waals surface area contributed by atoms with E-state index in [1.807, 2.05) is 18.2 Å². The predicted octanol–water partition coefficient (Wildman–Crippen LogP) is 3.66.